The zero-order chi connectivity index (χ0) is 14.5. The Kier molecular flexibility index (Phi) is 4.42. The van der Waals surface area contributed by atoms with Crippen LogP contribution in [0.3, 0.4) is 0 Å². The maximum atomic E-state index is 12.0. The van der Waals surface area contributed by atoms with Crippen molar-refractivity contribution in [3.05, 3.63) is 58.9 Å². The molecule has 0 bridgehead atoms. The van der Waals surface area contributed by atoms with Crippen molar-refractivity contribution in [3.63, 3.8) is 0 Å². The number of nitrogens with zero attached hydrogens (tertiary/aromatic N) is 1. The first kappa shape index (κ1) is 14.1. The lowest BCUT2D eigenvalue weighted by atomic mass is 10.2. The van der Waals surface area contributed by atoms with Crippen LogP contribution in [0.5, 0.6) is 0 Å². The first-order chi connectivity index (χ1) is 9.58. The molecule has 0 radical (unpaired) electrons. The average Bonchev–Trinajstić information content (AvgIpc) is 2.85. The zero-order valence-electron chi connectivity index (χ0n) is 10.5. The largest absolute Gasteiger partial charge is 0.480 e. The lowest BCUT2D eigenvalue weighted by Crippen LogP contribution is -2.26. The van der Waals surface area contributed by atoms with E-state index in [0.717, 1.165) is 5.56 Å². The van der Waals surface area contributed by atoms with Gasteiger partial charge in [0.1, 0.15) is 12.2 Å². The van der Waals surface area contributed by atoms with Crippen LogP contribution in [0.1, 0.15) is 16.1 Å². The van der Waals surface area contributed by atoms with E-state index in [0.29, 0.717) is 10.7 Å². The molecule has 0 unspecified atom stereocenters. The zero-order valence-corrected chi connectivity index (χ0v) is 11.3. The SMILES string of the molecule is O=C(O)Cn1cccc1C(=O)NCc1ccccc1Cl. The topological polar surface area (TPSA) is 71.3 Å². The smallest absolute Gasteiger partial charge is 0.323 e. The highest BCUT2D eigenvalue weighted by molar-refractivity contribution is 6.31. The van der Waals surface area contributed by atoms with Gasteiger partial charge >= 0.3 is 5.97 Å². The highest BCUT2D eigenvalue weighted by Gasteiger charge is 2.12. The van der Waals surface area contributed by atoms with Crippen LogP contribution in [0.25, 0.3) is 0 Å². The molecule has 0 atom stereocenters. The van der Waals surface area contributed by atoms with Crippen LogP contribution < -0.4 is 5.32 Å². The molecule has 0 aliphatic carbocycles. The van der Waals surface area contributed by atoms with Crippen molar-refractivity contribution in [3.8, 4) is 0 Å². The number of carbonyl (C=O) groups is 2. The van der Waals surface area contributed by atoms with Crippen LogP contribution in [0, 0.1) is 0 Å². The van der Waals surface area contributed by atoms with E-state index in [1.54, 1.807) is 24.4 Å². The van der Waals surface area contributed by atoms with Gasteiger partial charge in [-0.2, -0.15) is 0 Å². The molecule has 2 aromatic rings. The summed E-state index contributed by atoms with van der Waals surface area (Å²) < 4.78 is 1.38. The molecular weight excluding hydrogens is 280 g/mol. The fraction of sp³-hybridized carbons (Fsp3) is 0.143. The predicted molar refractivity (Wildman–Crippen MR) is 74.7 cm³/mol. The van der Waals surface area contributed by atoms with Crippen molar-refractivity contribution in [2.45, 2.75) is 13.1 Å². The predicted octanol–water partition coefficient (Wildman–Crippen LogP) is 2.16. The van der Waals surface area contributed by atoms with E-state index in [-0.39, 0.29) is 19.0 Å². The Labute approximate surface area is 120 Å². The maximum Gasteiger partial charge on any atom is 0.323 e. The summed E-state index contributed by atoms with van der Waals surface area (Å²) in [7, 11) is 0. The number of aromatic nitrogens is 1. The lowest BCUT2D eigenvalue weighted by molar-refractivity contribution is -0.137. The molecule has 5 nitrogen and oxygen atoms in total. The number of carbonyl (C=O) groups excluding carboxylic acids is 1. The van der Waals surface area contributed by atoms with Crippen LogP contribution in [-0.4, -0.2) is 21.6 Å². The normalized spacial score (nSPS) is 10.2. The van der Waals surface area contributed by atoms with Crippen molar-refractivity contribution in [2.75, 3.05) is 0 Å². The highest BCUT2D eigenvalue weighted by atomic mass is 35.5. The van der Waals surface area contributed by atoms with Crippen LogP contribution in [0.4, 0.5) is 0 Å². The number of rotatable bonds is 5. The van der Waals surface area contributed by atoms with Crippen molar-refractivity contribution in [1.82, 2.24) is 9.88 Å². The Morgan fingerprint density at radius 3 is 2.65 bits per heavy atom. The summed E-state index contributed by atoms with van der Waals surface area (Å²) in [4.78, 5) is 22.7. The molecule has 1 heterocycles. The minimum absolute atomic E-state index is 0.248. The number of amides is 1. The quantitative estimate of drug-likeness (QED) is 0.887. The molecule has 1 amide bonds. The van der Waals surface area contributed by atoms with Crippen LogP contribution in [0.2, 0.25) is 5.02 Å². The van der Waals surface area contributed by atoms with Crippen LogP contribution in [0.15, 0.2) is 42.6 Å². The number of aliphatic carboxylic acids is 1. The van der Waals surface area contributed by atoms with Crippen LogP contribution >= 0.6 is 11.6 Å². The molecule has 2 N–H and O–H groups in total. The van der Waals surface area contributed by atoms with E-state index in [2.05, 4.69) is 5.32 Å². The van der Waals surface area contributed by atoms with Gasteiger partial charge in [-0.15, -0.1) is 0 Å². The summed E-state index contributed by atoms with van der Waals surface area (Å²) in [5, 5.41) is 12.1. The first-order valence-corrected chi connectivity index (χ1v) is 6.34. The second-order valence-corrected chi connectivity index (χ2v) is 4.60. The number of benzene rings is 1. The van der Waals surface area contributed by atoms with Crippen molar-refractivity contribution < 1.29 is 14.7 Å². The summed E-state index contributed by atoms with van der Waals surface area (Å²) in [6.07, 6.45) is 1.55. The average molecular weight is 293 g/mol. The van der Waals surface area contributed by atoms with Gasteiger partial charge in [0.25, 0.3) is 5.91 Å². The fourth-order valence-corrected chi connectivity index (χ4v) is 2.01. The summed E-state index contributed by atoms with van der Waals surface area (Å²) in [6, 6.07) is 10.4. The molecule has 0 aliphatic rings. The molecule has 0 fully saturated rings. The third-order valence-corrected chi connectivity index (χ3v) is 3.13. The van der Waals surface area contributed by atoms with Gasteiger partial charge in [-0.05, 0) is 23.8 Å². The van der Waals surface area contributed by atoms with Crippen molar-refractivity contribution in [2.24, 2.45) is 0 Å². The number of halogens is 1. The van der Waals surface area contributed by atoms with Gasteiger partial charge in [-0.25, -0.2) is 0 Å². The number of hydrogen-bond donors (Lipinski definition) is 2. The third kappa shape index (κ3) is 3.39. The third-order valence-electron chi connectivity index (χ3n) is 2.77. The van der Waals surface area contributed by atoms with Gasteiger partial charge in [0.15, 0.2) is 0 Å². The number of nitrogens with one attached hydrogen (secondary N) is 1. The van der Waals surface area contributed by atoms with Gasteiger partial charge < -0.3 is 15.0 Å². The highest BCUT2D eigenvalue weighted by Crippen LogP contribution is 2.14. The van der Waals surface area contributed by atoms with Gasteiger partial charge in [0.2, 0.25) is 0 Å². The fourth-order valence-electron chi connectivity index (χ4n) is 1.81. The van der Waals surface area contributed by atoms with Gasteiger partial charge in [0, 0.05) is 17.8 Å². The summed E-state index contributed by atoms with van der Waals surface area (Å²) in [5.74, 6) is -1.34. The minimum Gasteiger partial charge on any atom is -0.480 e. The number of hydrogen-bond acceptors (Lipinski definition) is 2. The standard InChI is InChI=1S/C14H13ClN2O3/c15-11-5-2-1-4-10(11)8-16-14(20)12-6-3-7-17(12)9-13(18)19/h1-7H,8-9H2,(H,16,20)(H,18,19). The molecule has 6 heteroatoms. The molecule has 1 aromatic heterocycles. The Balaban J connectivity index is 2.04. The molecule has 0 spiro atoms. The van der Waals surface area contributed by atoms with Gasteiger partial charge in [-0.3, -0.25) is 9.59 Å². The van der Waals surface area contributed by atoms with E-state index < -0.39 is 5.97 Å². The van der Waals surface area contributed by atoms with Gasteiger partial charge in [-0.1, -0.05) is 29.8 Å². The monoisotopic (exact) mass is 292 g/mol. The molecule has 0 saturated carbocycles. The Bertz CT molecular complexity index is 637. The van der Waals surface area contributed by atoms with Crippen molar-refractivity contribution >= 4 is 23.5 Å². The second kappa shape index (κ2) is 6.25. The number of carboxylic acid groups (broad SMARTS) is 1. The van der Waals surface area contributed by atoms with E-state index in [9.17, 15) is 9.59 Å². The summed E-state index contributed by atoms with van der Waals surface area (Å²) >= 11 is 6.00. The first-order valence-electron chi connectivity index (χ1n) is 5.96. The van der Waals surface area contributed by atoms with E-state index in [1.165, 1.54) is 4.57 Å². The summed E-state index contributed by atoms with van der Waals surface area (Å²) in [5.41, 5.74) is 1.11. The van der Waals surface area contributed by atoms with E-state index in [4.69, 9.17) is 16.7 Å². The molecule has 0 aliphatic heterocycles. The minimum atomic E-state index is -0.999. The Morgan fingerprint density at radius 2 is 1.95 bits per heavy atom. The maximum absolute atomic E-state index is 12.0. The molecule has 0 saturated heterocycles. The molecule has 1 aromatic carbocycles. The molecule has 20 heavy (non-hydrogen) atoms. The van der Waals surface area contributed by atoms with Crippen LogP contribution in [-0.2, 0) is 17.9 Å². The Morgan fingerprint density at radius 1 is 1.20 bits per heavy atom. The van der Waals surface area contributed by atoms with Crippen molar-refractivity contribution in [1.29, 1.82) is 0 Å². The Hall–Kier alpha value is -2.27. The van der Waals surface area contributed by atoms with E-state index in [1.807, 2.05) is 18.2 Å². The molecule has 104 valence electrons. The van der Waals surface area contributed by atoms with Gasteiger partial charge in [0.05, 0.1) is 0 Å². The second-order valence-electron chi connectivity index (χ2n) is 4.19. The summed E-state index contributed by atoms with van der Waals surface area (Å²) in [6.45, 7) is 0.0403. The molecular formula is C14H13ClN2O3. The molecule has 2 rings (SSSR count). The number of carboxylic acids is 1. The lowest BCUT2D eigenvalue weighted by Gasteiger charge is -2.09. The van der Waals surface area contributed by atoms with E-state index >= 15 is 0 Å².